The molecule has 1 rings (SSSR count). The number of hydrogen-bond donors (Lipinski definition) is 0. The molecule has 1 aromatic carbocycles. The van der Waals surface area contributed by atoms with Crippen LogP contribution < -0.4 is 0 Å². The average Bonchev–Trinajstić information content (AvgIpc) is 1.77. The highest BCUT2D eigenvalue weighted by atomic mass is 79.9. The lowest BCUT2D eigenvalue weighted by molar-refractivity contribution is 1.42. The molecule has 2 heteroatoms. The van der Waals surface area contributed by atoms with E-state index in [1.807, 2.05) is 24.3 Å². The average molecular weight is 188 g/mol. The van der Waals surface area contributed by atoms with E-state index < -0.39 is 0 Å². The summed E-state index contributed by atoms with van der Waals surface area (Å²) >= 11 is 8.20. The molecule has 0 aliphatic rings. The first-order chi connectivity index (χ1) is 3.80. The van der Waals surface area contributed by atoms with Crippen molar-refractivity contribution in [1.29, 1.82) is 0 Å². The quantitative estimate of drug-likeness (QED) is 0.563. The number of hydrogen-bond acceptors (Lipinski definition) is 1. The van der Waals surface area contributed by atoms with Gasteiger partial charge in [-0.1, -0.05) is 34.1 Å². The Hall–Kier alpha value is -0.0800. The predicted molar refractivity (Wildman–Crippen MR) is 39.8 cm³/mol. The minimum Gasteiger partial charge on any atom is -0.779 e. The van der Waals surface area contributed by atoms with Gasteiger partial charge in [-0.3, -0.25) is 0 Å². The zero-order chi connectivity index (χ0) is 5.98. The summed E-state index contributed by atoms with van der Waals surface area (Å²) in [6.07, 6.45) is 0. The molecule has 0 aliphatic heterocycles. The molecule has 0 saturated heterocycles. The van der Waals surface area contributed by atoms with Crippen LogP contribution in [0.25, 0.3) is 0 Å². The number of rotatable bonds is 0. The van der Waals surface area contributed by atoms with Gasteiger partial charge in [0.25, 0.3) is 0 Å². The Kier molecular flexibility index (Phi) is 1.86. The van der Waals surface area contributed by atoms with Crippen LogP contribution in [0.3, 0.4) is 0 Å². The van der Waals surface area contributed by atoms with E-state index in [0.717, 1.165) is 9.37 Å². The molecule has 8 heavy (non-hydrogen) atoms. The SMILES string of the molecule is [S-]c1ccccc1Br. The summed E-state index contributed by atoms with van der Waals surface area (Å²) in [6, 6.07) is 7.69. The molecule has 0 fully saturated rings. The lowest BCUT2D eigenvalue weighted by Gasteiger charge is -2.04. The molecule has 0 amide bonds. The van der Waals surface area contributed by atoms with Crippen LogP contribution in [-0.4, -0.2) is 0 Å². The lowest BCUT2D eigenvalue weighted by atomic mass is 10.4. The van der Waals surface area contributed by atoms with Gasteiger partial charge in [0, 0.05) is 0 Å². The highest BCUT2D eigenvalue weighted by Crippen LogP contribution is 2.13. The second kappa shape index (κ2) is 2.46. The zero-order valence-electron chi connectivity index (χ0n) is 4.10. The van der Waals surface area contributed by atoms with Gasteiger partial charge in [0.1, 0.15) is 0 Å². The Labute approximate surface area is 62.5 Å². The van der Waals surface area contributed by atoms with Gasteiger partial charge in [0.15, 0.2) is 0 Å². The maximum atomic E-state index is 4.91. The van der Waals surface area contributed by atoms with E-state index in [0.29, 0.717) is 0 Å². The molecule has 0 N–H and O–H groups in total. The van der Waals surface area contributed by atoms with Gasteiger partial charge in [-0.2, -0.15) is 4.90 Å². The van der Waals surface area contributed by atoms with Crippen molar-refractivity contribution in [3.8, 4) is 0 Å². The van der Waals surface area contributed by atoms with Crippen molar-refractivity contribution in [3.63, 3.8) is 0 Å². The Balaban J connectivity index is 3.13. The van der Waals surface area contributed by atoms with Crippen LogP contribution in [0.5, 0.6) is 0 Å². The number of benzene rings is 1. The predicted octanol–water partition coefficient (Wildman–Crippen LogP) is 2.35. The summed E-state index contributed by atoms with van der Waals surface area (Å²) in [7, 11) is 0. The van der Waals surface area contributed by atoms with Gasteiger partial charge < -0.3 is 12.6 Å². The normalized spacial score (nSPS) is 9.12. The van der Waals surface area contributed by atoms with E-state index in [2.05, 4.69) is 15.9 Å². The van der Waals surface area contributed by atoms with Crippen LogP contribution in [0, 0.1) is 0 Å². The first-order valence-corrected chi connectivity index (χ1v) is 3.42. The molecule has 0 aliphatic carbocycles. The van der Waals surface area contributed by atoms with Crippen LogP contribution in [0.1, 0.15) is 0 Å². The van der Waals surface area contributed by atoms with Crippen molar-refractivity contribution >= 4 is 28.6 Å². The monoisotopic (exact) mass is 187 g/mol. The van der Waals surface area contributed by atoms with Crippen molar-refractivity contribution in [2.45, 2.75) is 4.90 Å². The third-order valence-corrected chi connectivity index (χ3v) is 2.15. The molecule has 0 aromatic heterocycles. The highest BCUT2D eigenvalue weighted by Gasteiger charge is 1.78. The molecule has 0 unspecified atom stereocenters. The largest absolute Gasteiger partial charge is 0.779 e. The first-order valence-electron chi connectivity index (χ1n) is 2.22. The molecule has 0 saturated carbocycles. The number of halogens is 1. The summed E-state index contributed by atoms with van der Waals surface area (Å²) in [4.78, 5) is 0.868. The summed E-state index contributed by atoms with van der Waals surface area (Å²) in [5.74, 6) is 0. The fraction of sp³-hybridized carbons (Fsp3) is 0. The molecule has 0 bridgehead atoms. The molecule has 0 spiro atoms. The molecular formula is C6H4BrS-. The Morgan fingerprint density at radius 1 is 1.25 bits per heavy atom. The van der Waals surface area contributed by atoms with Crippen LogP contribution in [0.4, 0.5) is 0 Å². The van der Waals surface area contributed by atoms with E-state index in [-0.39, 0.29) is 0 Å². The van der Waals surface area contributed by atoms with Gasteiger partial charge in [0.05, 0.1) is 0 Å². The minimum absolute atomic E-state index is 0.868. The van der Waals surface area contributed by atoms with E-state index in [9.17, 15) is 0 Å². The van der Waals surface area contributed by atoms with Crippen molar-refractivity contribution in [3.05, 3.63) is 28.7 Å². The van der Waals surface area contributed by atoms with Crippen LogP contribution in [0.2, 0.25) is 0 Å². The molecule has 0 nitrogen and oxygen atoms in total. The molecule has 0 heterocycles. The molecular weight excluding hydrogens is 184 g/mol. The zero-order valence-corrected chi connectivity index (χ0v) is 6.50. The van der Waals surface area contributed by atoms with E-state index in [1.54, 1.807) is 0 Å². The van der Waals surface area contributed by atoms with Crippen molar-refractivity contribution in [2.75, 3.05) is 0 Å². The fourth-order valence-corrected chi connectivity index (χ4v) is 0.876. The first kappa shape index (κ1) is 6.05. The Morgan fingerprint density at radius 3 is 2.25 bits per heavy atom. The third-order valence-electron chi connectivity index (χ3n) is 0.837. The minimum atomic E-state index is 0.868. The lowest BCUT2D eigenvalue weighted by Crippen LogP contribution is -1.68. The highest BCUT2D eigenvalue weighted by molar-refractivity contribution is 9.10. The van der Waals surface area contributed by atoms with Crippen LogP contribution in [-0.2, 0) is 12.6 Å². The third kappa shape index (κ3) is 1.20. The van der Waals surface area contributed by atoms with Gasteiger partial charge in [-0.25, -0.2) is 0 Å². The molecule has 42 valence electrons. The van der Waals surface area contributed by atoms with Gasteiger partial charge in [0.2, 0.25) is 0 Å². The second-order valence-electron chi connectivity index (χ2n) is 1.43. The standard InChI is InChI=1S/C6H5BrS/c7-5-3-1-2-4-6(5)8/h1-4,8H/p-1. The van der Waals surface area contributed by atoms with Crippen LogP contribution >= 0.6 is 15.9 Å². The maximum absolute atomic E-state index is 4.91. The van der Waals surface area contributed by atoms with E-state index >= 15 is 0 Å². The fourth-order valence-electron chi connectivity index (χ4n) is 0.445. The van der Waals surface area contributed by atoms with E-state index in [1.165, 1.54) is 0 Å². The van der Waals surface area contributed by atoms with Crippen molar-refractivity contribution in [2.24, 2.45) is 0 Å². The van der Waals surface area contributed by atoms with Gasteiger partial charge >= 0.3 is 0 Å². The summed E-state index contributed by atoms with van der Waals surface area (Å²) in [6.45, 7) is 0. The maximum Gasteiger partial charge on any atom is -0.00165 e. The summed E-state index contributed by atoms with van der Waals surface area (Å²) in [5, 5.41) is 0. The Bertz CT molecular complexity index is 165. The topological polar surface area (TPSA) is 0 Å². The summed E-state index contributed by atoms with van der Waals surface area (Å²) in [5.41, 5.74) is 0. The van der Waals surface area contributed by atoms with Gasteiger partial charge in [-0.05, 0) is 10.5 Å². The van der Waals surface area contributed by atoms with Crippen molar-refractivity contribution < 1.29 is 0 Å². The van der Waals surface area contributed by atoms with Crippen LogP contribution in [0.15, 0.2) is 33.6 Å². The molecule has 1 aromatic rings. The van der Waals surface area contributed by atoms with E-state index in [4.69, 9.17) is 12.6 Å². The van der Waals surface area contributed by atoms with Gasteiger partial charge in [-0.15, -0.1) is 0 Å². The Morgan fingerprint density at radius 2 is 1.88 bits per heavy atom. The smallest absolute Gasteiger partial charge is 0.00165 e. The van der Waals surface area contributed by atoms with Crippen molar-refractivity contribution in [1.82, 2.24) is 0 Å². The molecule has 0 atom stereocenters. The summed E-state index contributed by atoms with van der Waals surface area (Å²) < 4.78 is 0.995. The molecule has 0 radical (unpaired) electrons. The second-order valence-corrected chi connectivity index (χ2v) is 2.72.